The normalized spacial score (nSPS) is 10.9. The lowest BCUT2D eigenvalue weighted by Gasteiger charge is -2.19. The monoisotopic (exact) mass is 261 g/mol. The molecule has 0 atom stereocenters. The largest absolute Gasteiger partial charge is 0.478 e. The van der Waals surface area contributed by atoms with Gasteiger partial charge in [-0.1, -0.05) is 39.5 Å². The van der Waals surface area contributed by atoms with Crippen molar-refractivity contribution in [3.63, 3.8) is 0 Å². The third-order valence-corrected chi connectivity index (χ3v) is 2.71. The average Bonchev–Trinajstić information content (AvgIpc) is 2.28. The maximum absolute atomic E-state index is 11.6. The Morgan fingerprint density at radius 3 is 2.16 bits per heavy atom. The number of carbonyl (C=O) groups is 2. The molecule has 0 spiro atoms. The Labute approximate surface area is 113 Å². The Kier molecular flexibility index (Phi) is 4.48. The summed E-state index contributed by atoms with van der Waals surface area (Å²) in [6.45, 7) is 9.65. The molecule has 1 rings (SSSR count). The van der Waals surface area contributed by atoms with Crippen molar-refractivity contribution in [2.24, 2.45) is 0 Å². The lowest BCUT2D eigenvalue weighted by molar-refractivity contribution is -0.133. The van der Waals surface area contributed by atoms with Crippen LogP contribution in [0.1, 0.15) is 32.8 Å². The molecule has 0 aromatic heterocycles. The lowest BCUT2D eigenvalue weighted by Crippen LogP contribution is -2.15. The van der Waals surface area contributed by atoms with Crippen LogP contribution in [0.4, 0.5) is 5.69 Å². The highest BCUT2D eigenvalue weighted by Crippen LogP contribution is 2.23. The molecule has 19 heavy (non-hydrogen) atoms. The zero-order valence-electron chi connectivity index (χ0n) is 11.5. The van der Waals surface area contributed by atoms with Gasteiger partial charge in [-0.05, 0) is 23.1 Å². The Balaban J connectivity index is 2.66. The van der Waals surface area contributed by atoms with E-state index in [9.17, 15) is 9.59 Å². The van der Waals surface area contributed by atoms with E-state index in [0.717, 1.165) is 0 Å². The predicted octanol–water partition coefficient (Wildman–Crippen LogP) is 2.95. The van der Waals surface area contributed by atoms with E-state index < -0.39 is 5.97 Å². The fraction of sp³-hybridized carbons (Fsp3) is 0.333. The molecule has 0 saturated heterocycles. The Hall–Kier alpha value is -2.10. The van der Waals surface area contributed by atoms with Crippen molar-refractivity contribution in [1.82, 2.24) is 0 Å². The van der Waals surface area contributed by atoms with E-state index in [0.29, 0.717) is 5.69 Å². The molecule has 0 aliphatic rings. The quantitative estimate of drug-likeness (QED) is 0.819. The number of carboxylic acids is 1. The summed E-state index contributed by atoms with van der Waals surface area (Å²) in [5.74, 6) is -1.53. The maximum atomic E-state index is 11.6. The molecule has 0 unspecified atom stereocenters. The SMILES string of the molecule is C=C(CC(=O)Nc1ccc(C(C)(C)C)cc1)C(=O)O. The van der Waals surface area contributed by atoms with Crippen LogP contribution in [0.3, 0.4) is 0 Å². The molecule has 4 heteroatoms. The summed E-state index contributed by atoms with van der Waals surface area (Å²) in [6, 6.07) is 7.51. The molecule has 1 aromatic rings. The first-order chi connectivity index (χ1) is 8.70. The zero-order valence-corrected chi connectivity index (χ0v) is 11.5. The highest BCUT2D eigenvalue weighted by atomic mass is 16.4. The van der Waals surface area contributed by atoms with Crippen LogP contribution < -0.4 is 5.32 Å². The van der Waals surface area contributed by atoms with Crippen molar-refractivity contribution in [3.8, 4) is 0 Å². The number of hydrogen-bond acceptors (Lipinski definition) is 2. The van der Waals surface area contributed by atoms with Crippen molar-refractivity contribution in [1.29, 1.82) is 0 Å². The first kappa shape index (κ1) is 15.0. The highest BCUT2D eigenvalue weighted by Gasteiger charge is 2.14. The molecule has 0 radical (unpaired) electrons. The van der Waals surface area contributed by atoms with Gasteiger partial charge in [-0.2, -0.15) is 0 Å². The van der Waals surface area contributed by atoms with Gasteiger partial charge in [0.1, 0.15) is 0 Å². The van der Waals surface area contributed by atoms with Crippen molar-refractivity contribution in [3.05, 3.63) is 42.0 Å². The molecule has 4 nitrogen and oxygen atoms in total. The number of nitrogens with one attached hydrogen (secondary N) is 1. The fourth-order valence-electron chi connectivity index (χ4n) is 1.53. The molecular formula is C15H19NO3. The van der Waals surface area contributed by atoms with E-state index in [1.807, 2.05) is 24.3 Å². The minimum atomic E-state index is -1.15. The van der Waals surface area contributed by atoms with Crippen LogP contribution >= 0.6 is 0 Å². The van der Waals surface area contributed by atoms with Crippen molar-refractivity contribution < 1.29 is 14.7 Å². The fourth-order valence-corrected chi connectivity index (χ4v) is 1.53. The number of benzene rings is 1. The molecule has 2 N–H and O–H groups in total. The number of carboxylic acid groups (broad SMARTS) is 1. The second kappa shape index (κ2) is 5.69. The number of carbonyl (C=O) groups excluding carboxylic acids is 1. The molecule has 0 heterocycles. The van der Waals surface area contributed by atoms with Crippen LogP contribution in [-0.4, -0.2) is 17.0 Å². The van der Waals surface area contributed by atoms with E-state index in [2.05, 4.69) is 32.7 Å². The second-order valence-corrected chi connectivity index (χ2v) is 5.46. The number of rotatable bonds is 4. The molecule has 0 bridgehead atoms. The summed E-state index contributed by atoms with van der Waals surface area (Å²) in [5.41, 5.74) is 1.75. The van der Waals surface area contributed by atoms with Crippen LogP contribution in [-0.2, 0) is 15.0 Å². The summed E-state index contributed by atoms with van der Waals surface area (Å²) in [5, 5.41) is 11.3. The first-order valence-corrected chi connectivity index (χ1v) is 6.01. The van der Waals surface area contributed by atoms with E-state index in [1.165, 1.54) is 5.56 Å². The molecule has 1 amide bonds. The van der Waals surface area contributed by atoms with Gasteiger partial charge in [0.05, 0.1) is 6.42 Å². The van der Waals surface area contributed by atoms with E-state index in [4.69, 9.17) is 5.11 Å². The number of hydrogen-bond donors (Lipinski definition) is 2. The topological polar surface area (TPSA) is 66.4 Å². The Morgan fingerprint density at radius 1 is 1.21 bits per heavy atom. The van der Waals surface area contributed by atoms with E-state index in [-0.39, 0.29) is 23.3 Å². The minimum Gasteiger partial charge on any atom is -0.478 e. The standard InChI is InChI=1S/C15H19NO3/c1-10(14(18)19)9-13(17)16-12-7-5-11(6-8-12)15(2,3)4/h5-8H,1,9H2,2-4H3,(H,16,17)(H,18,19). The minimum absolute atomic E-state index is 0.0557. The van der Waals surface area contributed by atoms with Crippen molar-refractivity contribution in [2.45, 2.75) is 32.6 Å². The molecule has 0 saturated carbocycles. The number of amides is 1. The third kappa shape index (κ3) is 4.58. The first-order valence-electron chi connectivity index (χ1n) is 6.01. The Bertz CT molecular complexity index is 495. The zero-order chi connectivity index (χ0) is 14.6. The second-order valence-electron chi connectivity index (χ2n) is 5.46. The molecule has 0 fully saturated rings. The predicted molar refractivity (Wildman–Crippen MR) is 75.2 cm³/mol. The van der Waals surface area contributed by atoms with Crippen LogP contribution in [0.25, 0.3) is 0 Å². The summed E-state index contributed by atoms with van der Waals surface area (Å²) < 4.78 is 0. The smallest absolute Gasteiger partial charge is 0.331 e. The molecule has 0 aliphatic heterocycles. The van der Waals surface area contributed by atoms with Crippen molar-refractivity contribution in [2.75, 3.05) is 5.32 Å². The molecule has 1 aromatic carbocycles. The van der Waals surface area contributed by atoms with Gasteiger partial charge in [0.25, 0.3) is 0 Å². The van der Waals surface area contributed by atoms with Gasteiger partial charge >= 0.3 is 5.97 Å². The van der Waals surface area contributed by atoms with E-state index >= 15 is 0 Å². The molecular weight excluding hydrogens is 242 g/mol. The van der Waals surface area contributed by atoms with Gasteiger partial charge in [0.15, 0.2) is 0 Å². The van der Waals surface area contributed by atoms with Crippen LogP contribution in [0.2, 0.25) is 0 Å². The number of anilines is 1. The van der Waals surface area contributed by atoms with Gasteiger partial charge in [0.2, 0.25) is 5.91 Å². The molecule has 0 aliphatic carbocycles. The molecule has 102 valence electrons. The maximum Gasteiger partial charge on any atom is 0.331 e. The van der Waals surface area contributed by atoms with Crippen LogP contribution in [0, 0.1) is 0 Å². The highest BCUT2D eigenvalue weighted by molar-refractivity contribution is 5.99. The summed E-state index contributed by atoms with van der Waals surface area (Å²) in [6.07, 6.45) is -0.212. The van der Waals surface area contributed by atoms with Gasteiger partial charge in [-0.25, -0.2) is 4.79 Å². The van der Waals surface area contributed by atoms with Crippen LogP contribution in [0.15, 0.2) is 36.4 Å². The summed E-state index contributed by atoms with van der Waals surface area (Å²) in [7, 11) is 0. The van der Waals surface area contributed by atoms with Gasteiger partial charge in [-0.15, -0.1) is 0 Å². The Morgan fingerprint density at radius 2 is 1.74 bits per heavy atom. The van der Waals surface area contributed by atoms with Crippen LogP contribution in [0.5, 0.6) is 0 Å². The van der Waals surface area contributed by atoms with E-state index in [1.54, 1.807) is 0 Å². The van der Waals surface area contributed by atoms with Gasteiger partial charge < -0.3 is 10.4 Å². The third-order valence-electron chi connectivity index (χ3n) is 2.71. The lowest BCUT2D eigenvalue weighted by atomic mass is 9.87. The van der Waals surface area contributed by atoms with Crippen molar-refractivity contribution >= 4 is 17.6 Å². The van der Waals surface area contributed by atoms with Gasteiger partial charge in [-0.3, -0.25) is 4.79 Å². The average molecular weight is 261 g/mol. The summed E-state index contributed by atoms with van der Waals surface area (Å²) in [4.78, 5) is 22.1. The summed E-state index contributed by atoms with van der Waals surface area (Å²) >= 11 is 0. The number of aliphatic carboxylic acids is 1. The van der Waals surface area contributed by atoms with Gasteiger partial charge in [0, 0.05) is 11.3 Å².